The molecule has 0 aliphatic heterocycles. The summed E-state index contributed by atoms with van der Waals surface area (Å²) < 4.78 is 4.99. The Hall–Kier alpha value is -2.24. The van der Waals surface area contributed by atoms with Crippen molar-refractivity contribution < 1.29 is 24.5 Å². The van der Waals surface area contributed by atoms with E-state index in [0.29, 0.717) is 11.4 Å². The molecule has 0 fully saturated rings. The Morgan fingerprint density at radius 3 is 2.22 bits per heavy atom. The number of aliphatic carboxylic acids is 2. The third-order valence-electron chi connectivity index (χ3n) is 2.53. The molecule has 0 saturated carbocycles. The first-order chi connectivity index (χ1) is 8.45. The molecule has 2 N–H and O–H groups in total. The van der Waals surface area contributed by atoms with Gasteiger partial charge in [-0.25, -0.2) is 4.79 Å². The zero-order chi connectivity index (χ0) is 13.7. The SMILES string of the molecule is COc1ccc(N(CC(=O)O)C(C)C(=O)O)cc1. The number of hydrogen-bond donors (Lipinski definition) is 2. The van der Waals surface area contributed by atoms with Crippen LogP contribution >= 0.6 is 0 Å². The molecule has 6 heteroatoms. The van der Waals surface area contributed by atoms with Crippen LogP contribution in [-0.4, -0.2) is 41.8 Å². The second-order valence-electron chi connectivity index (χ2n) is 3.73. The summed E-state index contributed by atoms with van der Waals surface area (Å²) in [6.07, 6.45) is 0. The molecular formula is C12H15NO5. The van der Waals surface area contributed by atoms with Crippen molar-refractivity contribution in [1.29, 1.82) is 0 Å². The lowest BCUT2D eigenvalue weighted by Gasteiger charge is -2.26. The first kappa shape index (κ1) is 13.8. The Morgan fingerprint density at radius 2 is 1.83 bits per heavy atom. The molecule has 0 aliphatic carbocycles. The maximum absolute atomic E-state index is 11.0. The predicted molar refractivity (Wildman–Crippen MR) is 65.1 cm³/mol. The summed E-state index contributed by atoms with van der Waals surface area (Å²) in [5.41, 5.74) is 0.521. The van der Waals surface area contributed by atoms with Crippen molar-refractivity contribution in [1.82, 2.24) is 0 Å². The number of carbonyl (C=O) groups is 2. The smallest absolute Gasteiger partial charge is 0.326 e. The monoisotopic (exact) mass is 253 g/mol. The highest BCUT2D eigenvalue weighted by Crippen LogP contribution is 2.21. The molecule has 0 aromatic heterocycles. The highest BCUT2D eigenvalue weighted by Gasteiger charge is 2.23. The first-order valence-electron chi connectivity index (χ1n) is 5.31. The minimum Gasteiger partial charge on any atom is -0.497 e. The molecule has 1 atom stereocenters. The fourth-order valence-corrected chi connectivity index (χ4v) is 1.50. The molecule has 0 amide bonds. The van der Waals surface area contributed by atoms with E-state index < -0.39 is 18.0 Å². The van der Waals surface area contributed by atoms with Crippen molar-refractivity contribution in [3.8, 4) is 5.75 Å². The van der Waals surface area contributed by atoms with Gasteiger partial charge in [0.1, 0.15) is 18.3 Å². The van der Waals surface area contributed by atoms with Gasteiger partial charge >= 0.3 is 11.9 Å². The van der Waals surface area contributed by atoms with E-state index in [-0.39, 0.29) is 6.54 Å². The molecule has 0 aliphatic rings. The summed E-state index contributed by atoms with van der Waals surface area (Å²) in [4.78, 5) is 23.0. The van der Waals surface area contributed by atoms with Crippen LogP contribution in [0.25, 0.3) is 0 Å². The second kappa shape index (κ2) is 5.90. The van der Waals surface area contributed by atoms with Crippen molar-refractivity contribution in [2.45, 2.75) is 13.0 Å². The van der Waals surface area contributed by atoms with Crippen LogP contribution < -0.4 is 9.64 Å². The van der Waals surface area contributed by atoms with Crippen molar-refractivity contribution in [3.63, 3.8) is 0 Å². The summed E-state index contributed by atoms with van der Waals surface area (Å²) in [6.45, 7) is 1.06. The van der Waals surface area contributed by atoms with E-state index in [9.17, 15) is 9.59 Å². The molecule has 0 bridgehead atoms. The lowest BCUT2D eigenvalue weighted by molar-refractivity contribution is -0.138. The molecule has 0 heterocycles. The average Bonchev–Trinajstić information content (AvgIpc) is 2.35. The van der Waals surface area contributed by atoms with Crippen LogP contribution in [-0.2, 0) is 9.59 Å². The van der Waals surface area contributed by atoms with E-state index >= 15 is 0 Å². The van der Waals surface area contributed by atoms with Gasteiger partial charge in [-0.2, -0.15) is 0 Å². The van der Waals surface area contributed by atoms with Gasteiger partial charge in [-0.15, -0.1) is 0 Å². The number of anilines is 1. The molecule has 0 radical (unpaired) electrons. The first-order valence-corrected chi connectivity index (χ1v) is 5.31. The molecule has 1 aromatic carbocycles. The van der Waals surface area contributed by atoms with Crippen LogP contribution in [0, 0.1) is 0 Å². The normalized spacial score (nSPS) is 11.7. The van der Waals surface area contributed by atoms with Crippen molar-refractivity contribution in [2.75, 3.05) is 18.6 Å². The largest absolute Gasteiger partial charge is 0.497 e. The van der Waals surface area contributed by atoms with Crippen LogP contribution in [0.2, 0.25) is 0 Å². The molecule has 1 rings (SSSR count). The Bertz CT molecular complexity index is 429. The zero-order valence-electron chi connectivity index (χ0n) is 10.2. The summed E-state index contributed by atoms with van der Waals surface area (Å²) in [5, 5.41) is 17.8. The van der Waals surface area contributed by atoms with E-state index in [0.717, 1.165) is 0 Å². The Morgan fingerprint density at radius 1 is 1.28 bits per heavy atom. The third-order valence-corrected chi connectivity index (χ3v) is 2.53. The van der Waals surface area contributed by atoms with Gasteiger partial charge in [-0.05, 0) is 31.2 Å². The number of hydrogen-bond acceptors (Lipinski definition) is 4. The molecule has 0 spiro atoms. The molecule has 98 valence electrons. The predicted octanol–water partition coefficient (Wildman–Crippen LogP) is 1.06. The Balaban J connectivity index is 3.00. The number of carboxylic acids is 2. The highest BCUT2D eigenvalue weighted by molar-refractivity contribution is 5.82. The fraction of sp³-hybridized carbons (Fsp3) is 0.333. The van der Waals surface area contributed by atoms with Crippen LogP contribution in [0.15, 0.2) is 24.3 Å². The van der Waals surface area contributed by atoms with Crippen molar-refractivity contribution in [2.24, 2.45) is 0 Å². The summed E-state index contributed by atoms with van der Waals surface area (Å²) in [7, 11) is 1.52. The Kier molecular flexibility index (Phi) is 4.53. The molecule has 1 unspecified atom stereocenters. The topological polar surface area (TPSA) is 87.1 Å². The van der Waals surface area contributed by atoms with Crippen LogP contribution in [0.5, 0.6) is 5.75 Å². The summed E-state index contributed by atoms with van der Waals surface area (Å²) in [5.74, 6) is -1.54. The van der Waals surface area contributed by atoms with Crippen molar-refractivity contribution in [3.05, 3.63) is 24.3 Å². The van der Waals surface area contributed by atoms with E-state index in [4.69, 9.17) is 14.9 Å². The number of methoxy groups -OCH3 is 1. The van der Waals surface area contributed by atoms with Crippen molar-refractivity contribution >= 4 is 17.6 Å². The van der Waals surface area contributed by atoms with Gasteiger partial charge in [0.2, 0.25) is 0 Å². The van der Waals surface area contributed by atoms with Gasteiger partial charge in [-0.1, -0.05) is 0 Å². The molecule has 0 saturated heterocycles. The fourth-order valence-electron chi connectivity index (χ4n) is 1.50. The second-order valence-corrected chi connectivity index (χ2v) is 3.73. The molecule has 6 nitrogen and oxygen atoms in total. The molecule has 1 aromatic rings. The lowest BCUT2D eigenvalue weighted by atomic mass is 10.2. The standard InChI is InChI=1S/C12H15NO5/c1-8(12(16)17)13(7-11(14)15)9-3-5-10(18-2)6-4-9/h3-6,8H,7H2,1-2H3,(H,14,15)(H,16,17). The van der Waals surface area contributed by atoms with Crippen LogP contribution in [0.3, 0.4) is 0 Å². The van der Waals surface area contributed by atoms with E-state index in [1.54, 1.807) is 24.3 Å². The quantitative estimate of drug-likeness (QED) is 0.788. The maximum atomic E-state index is 11.0. The van der Waals surface area contributed by atoms with Crippen LogP contribution in [0.4, 0.5) is 5.69 Å². The summed E-state index contributed by atoms with van der Waals surface area (Å²) in [6, 6.07) is 5.63. The number of carboxylic acid groups (broad SMARTS) is 2. The lowest BCUT2D eigenvalue weighted by Crippen LogP contribution is -2.42. The van der Waals surface area contributed by atoms with Gasteiger partial charge in [0.25, 0.3) is 0 Å². The molecule has 18 heavy (non-hydrogen) atoms. The summed E-state index contributed by atoms with van der Waals surface area (Å²) >= 11 is 0. The van der Waals surface area contributed by atoms with Gasteiger partial charge in [0.05, 0.1) is 7.11 Å². The van der Waals surface area contributed by atoms with E-state index in [2.05, 4.69) is 0 Å². The third kappa shape index (κ3) is 3.38. The minimum atomic E-state index is -1.08. The van der Waals surface area contributed by atoms with E-state index in [1.165, 1.54) is 18.9 Å². The van der Waals surface area contributed by atoms with Gasteiger partial charge in [-0.3, -0.25) is 4.79 Å². The highest BCUT2D eigenvalue weighted by atomic mass is 16.5. The Labute approximate surface area is 104 Å². The number of rotatable bonds is 6. The van der Waals surface area contributed by atoms with Gasteiger partial charge in [0.15, 0.2) is 0 Å². The van der Waals surface area contributed by atoms with Crippen LogP contribution in [0.1, 0.15) is 6.92 Å². The molecular weight excluding hydrogens is 238 g/mol. The maximum Gasteiger partial charge on any atom is 0.326 e. The van der Waals surface area contributed by atoms with E-state index in [1.807, 2.05) is 0 Å². The number of benzene rings is 1. The average molecular weight is 253 g/mol. The van der Waals surface area contributed by atoms with Gasteiger partial charge < -0.3 is 19.8 Å². The zero-order valence-corrected chi connectivity index (χ0v) is 10.2. The minimum absolute atomic E-state index is 0.375. The van der Waals surface area contributed by atoms with Gasteiger partial charge in [0, 0.05) is 5.69 Å². The number of nitrogens with zero attached hydrogens (tertiary/aromatic N) is 1. The number of ether oxygens (including phenoxy) is 1.